The van der Waals surface area contributed by atoms with E-state index in [1.807, 2.05) is 35.0 Å². The van der Waals surface area contributed by atoms with E-state index in [4.69, 9.17) is 16.3 Å². The number of carboxylic acids is 1. The quantitative estimate of drug-likeness (QED) is 0.0930. The third-order valence-corrected chi connectivity index (χ3v) is 7.01. The molecule has 2 aromatic heterocycles. The fourth-order valence-electron chi connectivity index (χ4n) is 4.09. The Hall–Kier alpha value is -4.61. The lowest BCUT2D eigenvalue weighted by Gasteiger charge is -2.05. The van der Waals surface area contributed by atoms with E-state index in [9.17, 15) is 20.0 Å². The molecule has 0 fully saturated rings. The van der Waals surface area contributed by atoms with E-state index in [1.165, 1.54) is 19.2 Å². The Kier molecular flexibility index (Phi) is 7.35. The van der Waals surface area contributed by atoms with Gasteiger partial charge in [0.1, 0.15) is 10.7 Å². The lowest BCUT2D eigenvalue weighted by molar-refractivity contribution is -0.384. The topological polar surface area (TPSA) is 136 Å². The number of nitro benzene ring substituents is 1. The second-order valence-corrected chi connectivity index (χ2v) is 9.83. The van der Waals surface area contributed by atoms with E-state index in [-0.39, 0.29) is 15.7 Å². The maximum absolute atomic E-state index is 12.2. The molecular weight excluding hydrogens is 542 g/mol. The van der Waals surface area contributed by atoms with E-state index in [1.54, 1.807) is 36.4 Å². The summed E-state index contributed by atoms with van der Waals surface area (Å²) in [4.78, 5) is 27.2. The molecule has 0 aliphatic carbocycles. The molecule has 0 aliphatic heterocycles. The number of H-pyrrole nitrogens is 1. The van der Waals surface area contributed by atoms with E-state index in [2.05, 4.69) is 15.2 Å². The highest BCUT2D eigenvalue weighted by Gasteiger charge is 2.18. The number of thioether (sulfide) groups is 1. The number of carboxylic acid groups (broad SMARTS) is 1. The summed E-state index contributed by atoms with van der Waals surface area (Å²) in [5.41, 5.74) is 3.08. The number of nitro groups is 1. The number of aliphatic carboxylic acids is 1. The van der Waals surface area contributed by atoms with Gasteiger partial charge in [-0.15, -0.1) is 5.10 Å². The number of aromatic nitrogens is 4. The monoisotopic (exact) mass is 561 g/mol. The Morgan fingerprint density at radius 3 is 2.69 bits per heavy atom. The number of methoxy groups -OCH3 is 1. The summed E-state index contributed by atoms with van der Waals surface area (Å²) in [6, 6.07) is 19.0. The highest BCUT2D eigenvalue weighted by atomic mass is 35.5. The summed E-state index contributed by atoms with van der Waals surface area (Å²) in [7, 11) is 1.53. The van der Waals surface area contributed by atoms with E-state index < -0.39 is 10.9 Å². The lowest BCUT2D eigenvalue weighted by atomic mass is 10.1. The van der Waals surface area contributed by atoms with E-state index >= 15 is 0 Å². The lowest BCUT2D eigenvalue weighted by Crippen LogP contribution is -1.98. The van der Waals surface area contributed by atoms with Crippen LogP contribution < -0.4 is 4.74 Å². The maximum Gasteiger partial charge on any atom is 0.342 e. The first-order valence-corrected chi connectivity index (χ1v) is 12.7. The standard InChI is InChI=1S/C27H20ClN5O5S/c1-38-23-11-8-18(28)13-21(23)25-29-27(31-30-25)39-24(26(34)35)12-17-15-32(22-5-3-2-4-20(17)22)14-16-6-9-19(10-7-16)33(36)37/h2-13,15H,14H2,1H3,(H,34,35)(H,29,30,31)/b24-12-. The minimum atomic E-state index is -1.13. The highest BCUT2D eigenvalue weighted by molar-refractivity contribution is 8.04. The zero-order valence-corrected chi connectivity index (χ0v) is 21.9. The van der Waals surface area contributed by atoms with Crippen molar-refractivity contribution in [2.75, 3.05) is 7.11 Å². The van der Waals surface area contributed by atoms with Gasteiger partial charge in [0.15, 0.2) is 5.82 Å². The van der Waals surface area contributed by atoms with Gasteiger partial charge in [0.2, 0.25) is 5.16 Å². The first-order chi connectivity index (χ1) is 18.8. The van der Waals surface area contributed by atoms with Crippen LogP contribution in [0.4, 0.5) is 5.69 Å². The van der Waals surface area contributed by atoms with Crippen LogP contribution in [0.25, 0.3) is 28.4 Å². The number of non-ortho nitro benzene ring substituents is 1. The number of aromatic amines is 1. The number of nitrogens with one attached hydrogen (secondary N) is 1. The number of halogens is 1. The van der Waals surface area contributed by atoms with Gasteiger partial charge in [0.25, 0.3) is 5.69 Å². The second-order valence-electron chi connectivity index (χ2n) is 8.38. The van der Waals surface area contributed by atoms with Crippen LogP contribution in [0, 0.1) is 10.1 Å². The third kappa shape index (κ3) is 5.64. The number of hydrogen-bond donors (Lipinski definition) is 2. The van der Waals surface area contributed by atoms with E-state index in [0.717, 1.165) is 28.2 Å². The number of para-hydroxylation sites is 1. The molecule has 0 aliphatic rings. The molecule has 3 aromatic carbocycles. The summed E-state index contributed by atoms with van der Waals surface area (Å²) in [5.74, 6) is -0.192. The van der Waals surface area contributed by atoms with Crippen LogP contribution in [0.1, 0.15) is 11.1 Å². The molecule has 0 spiro atoms. The molecule has 0 saturated carbocycles. The van der Waals surface area contributed by atoms with Crippen molar-refractivity contribution in [3.8, 4) is 17.1 Å². The maximum atomic E-state index is 12.2. The normalized spacial score (nSPS) is 11.6. The van der Waals surface area contributed by atoms with Gasteiger partial charge in [-0.05, 0) is 47.7 Å². The van der Waals surface area contributed by atoms with Gasteiger partial charge in [0, 0.05) is 46.4 Å². The summed E-state index contributed by atoms with van der Waals surface area (Å²) in [6.45, 7) is 0.452. The zero-order chi connectivity index (χ0) is 27.5. The van der Waals surface area contributed by atoms with Crippen molar-refractivity contribution in [1.29, 1.82) is 0 Å². The number of ether oxygens (including phenoxy) is 1. The second kappa shape index (κ2) is 11.0. The third-order valence-electron chi connectivity index (χ3n) is 5.90. The van der Waals surface area contributed by atoms with Crippen molar-refractivity contribution in [3.63, 3.8) is 0 Å². The van der Waals surface area contributed by atoms with Gasteiger partial charge < -0.3 is 14.4 Å². The molecule has 0 unspecified atom stereocenters. The fraction of sp³-hybridized carbons (Fsp3) is 0.0741. The van der Waals surface area contributed by atoms with Crippen molar-refractivity contribution in [1.82, 2.24) is 19.7 Å². The van der Waals surface area contributed by atoms with Gasteiger partial charge in [0.05, 0.1) is 17.6 Å². The Bertz CT molecular complexity index is 1730. The molecule has 10 nitrogen and oxygen atoms in total. The first kappa shape index (κ1) is 26.0. The Morgan fingerprint density at radius 2 is 1.97 bits per heavy atom. The molecule has 0 atom stereocenters. The van der Waals surface area contributed by atoms with Gasteiger partial charge in [-0.2, -0.15) is 0 Å². The molecule has 12 heteroatoms. The molecule has 5 rings (SSSR count). The largest absolute Gasteiger partial charge is 0.496 e. The first-order valence-electron chi connectivity index (χ1n) is 11.5. The number of rotatable bonds is 9. The Balaban J connectivity index is 1.46. The molecule has 0 bridgehead atoms. The molecule has 5 aromatic rings. The average molecular weight is 562 g/mol. The SMILES string of the molecule is COc1ccc(Cl)cc1-c1nc(S/C(=C\c2cn(Cc3ccc([N+](=O)[O-])cc3)c3ccccc23)C(=O)O)n[nH]1. The van der Waals surface area contributed by atoms with Crippen LogP contribution in [0.2, 0.25) is 5.02 Å². The predicted molar refractivity (Wildman–Crippen MR) is 149 cm³/mol. The summed E-state index contributed by atoms with van der Waals surface area (Å²) in [6.07, 6.45) is 3.44. The van der Waals surface area contributed by atoms with Gasteiger partial charge in [-0.1, -0.05) is 41.9 Å². The summed E-state index contributed by atoms with van der Waals surface area (Å²) in [5, 5.41) is 29.5. The molecule has 196 valence electrons. The summed E-state index contributed by atoms with van der Waals surface area (Å²) < 4.78 is 7.35. The minimum Gasteiger partial charge on any atom is -0.496 e. The number of nitrogens with zero attached hydrogens (tertiary/aromatic N) is 4. The number of fused-ring (bicyclic) bond motifs is 1. The van der Waals surface area contributed by atoms with Crippen molar-refractivity contribution in [3.05, 3.63) is 104 Å². The van der Waals surface area contributed by atoms with Crippen LogP contribution >= 0.6 is 23.4 Å². The van der Waals surface area contributed by atoms with E-state index in [0.29, 0.717) is 34.3 Å². The van der Waals surface area contributed by atoms with Gasteiger partial charge >= 0.3 is 5.97 Å². The Labute approximate surface area is 231 Å². The van der Waals surface area contributed by atoms with Crippen molar-refractivity contribution < 1.29 is 19.6 Å². The fourth-order valence-corrected chi connectivity index (χ4v) is 4.96. The minimum absolute atomic E-state index is 0.0202. The van der Waals surface area contributed by atoms with Crippen LogP contribution in [0.3, 0.4) is 0 Å². The van der Waals surface area contributed by atoms with Crippen LogP contribution in [0.5, 0.6) is 5.75 Å². The molecule has 2 N–H and O–H groups in total. The molecule has 0 radical (unpaired) electrons. The van der Waals surface area contributed by atoms with Crippen molar-refractivity contribution >= 4 is 52.0 Å². The predicted octanol–water partition coefficient (Wildman–Crippen LogP) is 6.26. The van der Waals surface area contributed by atoms with Gasteiger partial charge in [-0.25, -0.2) is 9.78 Å². The number of benzene rings is 3. The molecule has 0 amide bonds. The number of hydrogen-bond acceptors (Lipinski definition) is 7. The van der Waals surface area contributed by atoms with Crippen LogP contribution in [0.15, 0.2) is 83.0 Å². The smallest absolute Gasteiger partial charge is 0.342 e. The molecule has 2 heterocycles. The number of carbonyl (C=O) groups is 1. The Morgan fingerprint density at radius 1 is 1.21 bits per heavy atom. The van der Waals surface area contributed by atoms with Crippen molar-refractivity contribution in [2.24, 2.45) is 0 Å². The molecular formula is C27H20ClN5O5S. The van der Waals surface area contributed by atoms with Crippen LogP contribution in [-0.4, -0.2) is 42.9 Å². The highest BCUT2D eigenvalue weighted by Crippen LogP contribution is 2.34. The molecule has 0 saturated heterocycles. The van der Waals surface area contributed by atoms with Gasteiger partial charge in [-0.3, -0.25) is 15.2 Å². The summed E-state index contributed by atoms with van der Waals surface area (Å²) >= 11 is 7.04. The van der Waals surface area contributed by atoms with Crippen molar-refractivity contribution in [2.45, 2.75) is 11.7 Å². The average Bonchev–Trinajstić information content (AvgIpc) is 3.53. The van der Waals surface area contributed by atoms with Crippen LogP contribution in [-0.2, 0) is 11.3 Å². The zero-order valence-electron chi connectivity index (χ0n) is 20.4. The molecule has 39 heavy (non-hydrogen) atoms.